The highest BCUT2D eigenvalue weighted by Gasteiger charge is 2.12. The molecular weight excluding hydrogens is 236 g/mol. The van der Waals surface area contributed by atoms with Crippen LogP contribution in [0.15, 0.2) is 24.3 Å². The molecule has 0 unspecified atom stereocenters. The highest BCUT2D eigenvalue weighted by Crippen LogP contribution is 2.23. The van der Waals surface area contributed by atoms with Crippen LogP contribution in [0.3, 0.4) is 0 Å². The monoisotopic (exact) mass is 251 g/mol. The summed E-state index contributed by atoms with van der Waals surface area (Å²) in [6, 6.07) is 5.39. The van der Waals surface area contributed by atoms with Crippen LogP contribution in [-0.2, 0) is 13.5 Å². The zero-order valence-electron chi connectivity index (χ0n) is 10.4. The van der Waals surface area contributed by atoms with Crippen LogP contribution in [0.4, 0.5) is 8.78 Å². The maximum atomic E-state index is 13.7. The van der Waals surface area contributed by atoms with E-state index in [0.717, 1.165) is 24.7 Å². The Kier molecular flexibility index (Phi) is 3.72. The lowest BCUT2D eigenvalue weighted by Crippen LogP contribution is -2.10. The number of halogens is 2. The summed E-state index contributed by atoms with van der Waals surface area (Å²) in [5.74, 6) is -1.15. The van der Waals surface area contributed by atoms with Crippen LogP contribution in [-0.4, -0.2) is 23.4 Å². The molecule has 0 atom stereocenters. The van der Waals surface area contributed by atoms with Crippen molar-refractivity contribution >= 4 is 0 Å². The number of likely N-dealkylation sites (N-methyl/N-ethyl adjacent to an activating group) is 1. The highest BCUT2D eigenvalue weighted by molar-refractivity contribution is 5.60. The van der Waals surface area contributed by atoms with Crippen molar-refractivity contribution in [3.63, 3.8) is 0 Å². The number of benzene rings is 1. The number of aryl methyl sites for hydroxylation is 1. The first-order valence-electron chi connectivity index (χ1n) is 5.74. The van der Waals surface area contributed by atoms with E-state index in [1.165, 1.54) is 12.1 Å². The minimum absolute atomic E-state index is 0.363. The van der Waals surface area contributed by atoms with E-state index < -0.39 is 11.6 Å². The molecule has 2 aromatic rings. The Morgan fingerprint density at radius 1 is 1.28 bits per heavy atom. The van der Waals surface area contributed by atoms with Crippen LogP contribution in [0, 0.1) is 11.6 Å². The van der Waals surface area contributed by atoms with Crippen LogP contribution in [0.2, 0.25) is 0 Å². The van der Waals surface area contributed by atoms with E-state index in [1.54, 1.807) is 11.7 Å². The fraction of sp³-hybridized carbons (Fsp3) is 0.308. The molecule has 0 bridgehead atoms. The van der Waals surface area contributed by atoms with Gasteiger partial charge in [0.15, 0.2) is 0 Å². The third kappa shape index (κ3) is 2.56. The Morgan fingerprint density at radius 3 is 2.72 bits per heavy atom. The topological polar surface area (TPSA) is 29.9 Å². The predicted molar refractivity (Wildman–Crippen MR) is 66.2 cm³/mol. The predicted octanol–water partition coefficient (Wildman–Crippen LogP) is 2.13. The summed E-state index contributed by atoms with van der Waals surface area (Å²) < 4.78 is 28.2. The summed E-state index contributed by atoms with van der Waals surface area (Å²) in [5, 5.41) is 7.33. The van der Waals surface area contributed by atoms with Gasteiger partial charge in [0.05, 0.1) is 11.4 Å². The molecule has 0 aliphatic carbocycles. The van der Waals surface area contributed by atoms with E-state index in [1.807, 2.05) is 13.1 Å². The van der Waals surface area contributed by atoms with Gasteiger partial charge in [0, 0.05) is 31.6 Å². The van der Waals surface area contributed by atoms with Crippen molar-refractivity contribution in [2.24, 2.45) is 7.05 Å². The first-order valence-corrected chi connectivity index (χ1v) is 5.74. The van der Waals surface area contributed by atoms with E-state index in [4.69, 9.17) is 0 Å². The van der Waals surface area contributed by atoms with Gasteiger partial charge in [-0.25, -0.2) is 8.78 Å². The summed E-state index contributed by atoms with van der Waals surface area (Å²) in [6.07, 6.45) is 0.771. The third-order valence-electron chi connectivity index (χ3n) is 2.77. The normalized spacial score (nSPS) is 10.9. The van der Waals surface area contributed by atoms with E-state index in [9.17, 15) is 8.78 Å². The molecule has 0 radical (unpaired) electrons. The molecule has 1 N–H and O–H groups in total. The first-order chi connectivity index (χ1) is 8.61. The zero-order valence-corrected chi connectivity index (χ0v) is 10.4. The Balaban J connectivity index is 2.35. The standard InChI is InChI=1S/C13H15F2N3/c1-16-6-5-10-8-13(18(2)17-10)11-4-3-9(14)7-12(11)15/h3-4,7-8,16H,5-6H2,1-2H3. The summed E-state index contributed by atoms with van der Waals surface area (Å²) in [6.45, 7) is 0.808. The maximum Gasteiger partial charge on any atom is 0.135 e. The average molecular weight is 251 g/mol. The molecule has 0 spiro atoms. The molecule has 2 rings (SSSR count). The minimum Gasteiger partial charge on any atom is -0.319 e. The van der Waals surface area contributed by atoms with Crippen molar-refractivity contribution in [2.75, 3.05) is 13.6 Å². The molecule has 0 fully saturated rings. The Bertz CT molecular complexity index is 549. The summed E-state index contributed by atoms with van der Waals surface area (Å²) in [5.41, 5.74) is 1.89. The Labute approximate surface area is 104 Å². The fourth-order valence-electron chi connectivity index (χ4n) is 1.85. The van der Waals surface area contributed by atoms with Crippen molar-refractivity contribution in [2.45, 2.75) is 6.42 Å². The summed E-state index contributed by atoms with van der Waals surface area (Å²) >= 11 is 0. The van der Waals surface area contributed by atoms with Crippen LogP contribution < -0.4 is 5.32 Å². The Hall–Kier alpha value is -1.75. The fourth-order valence-corrected chi connectivity index (χ4v) is 1.85. The van der Waals surface area contributed by atoms with E-state index in [-0.39, 0.29) is 0 Å². The van der Waals surface area contributed by atoms with Gasteiger partial charge < -0.3 is 5.32 Å². The van der Waals surface area contributed by atoms with Gasteiger partial charge in [0.1, 0.15) is 11.6 Å². The molecule has 0 saturated carbocycles. The smallest absolute Gasteiger partial charge is 0.135 e. The van der Waals surface area contributed by atoms with E-state index >= 15 is 0 Å². The molecule has 0 aliphatic heterocycles. The van der Waals surface area contributed by atoms with Crippen LogP contribution in [0.5, 0.6) is 0 Å². The summed E-state index contributed by atoms with van der Waals surface area (Å²) in [4.78, 5) is 0. The molecule has 0 aliphatic rings. The second kappa shape index (κ2) is 5.27. The molecule has 0 saturated heterocycles. The van der Waals surface area contributed by atoms with Gasteiger partial charge >= 0.3 is 0 Å². The number of aromatic nitrogens is 2. The summed E-state index contributed by atoms with van der Waals surface area (Å²) in [7, 11) is 3.62. The number of hydrogen-bond acceptors (Lipinski definition) is 2. The number of rotatable bonds is 4. The lowest BCUT2D eigenvalue weighted by atomic mass is 10.1. The second-order valence-corrected chi connectivity index (χ2v) is 4.12. The van der Waals surface area contributed by atoms with Crippen molar-refractivity contribution in [3.8, 4) is 11.3 Å². The molecule has 1 aromatic carbocycles. The second-order valence-electron chi connectivity index (χ2n) is 4.12. The van der Waals surface area contributed by atoms with Gasteiger partial charge in [-0.15, -0.1) is 0 Å². The number of nitrogens with one attached hydrogen (secondary N) is 1. The van der Waals surface area contributed by atoms with E-state index in [0.29, 0.717) is 11.3 Å². The number of nitrogens with zero attached hydrogens (tertiary/aromatic N) is 2. The molecule has 1 heterocycles. The molecular formula is C13H15F2N3. The van der Waals surface area contributed by atoms with Gasteiger partial charge in [-0.1, -0.05) is 0 Å². The Morgan fingerprint density at radius 2 is 2.06 bits per heavy atom. The van der Waals surface area contributed by atoms with Gasteiger partial charge in [-0.3, -0.25) is 4.68 Å². The lowest BCUT2D eigenvalue weighted by molar-refractivity contribution is 0.584. The average Bonchev–Trinajstić information content (AvgIpc) is 2.68. The van der Waals surface area contributed by atoms with Gasteiger partial charge in [0.25, 0.3) is 0 Å². The third-order valence-corrected chi connectivity index (χ3v) is 2.77. The molecule has 1 aromatic heterocycles. The van der Waals surface area contributed by atoms with Crippen LogP contribution in [0.1, 0.15) is 5.69 Å². The van der Waals surface area contributed by atoms with Crippen molar-refractivity contribution < 1.29 is 8.78 Å². The van der Waals surface area contributed by atoms with Gasteiger partial charge in [0.2, 0.25) is 0 Å². The molecule has 96 valence electrons. The first kappa shape index (κ1) is 12.7. The van der Waals surface area contributed by atoms with Crippen molar-refractivity contribution in [3.05, 3.63) is 41.6 Å². The minimum atomic E-state index is -0.575. The lowest BCUT2D eigenvalue weighted by Gasteiger charge is -2.03. The molecule has 3 nitrogen and oxygen atoms in total. The molecule has 18 heavy (non-hydrogen) atoms. The SMILES string of the molecule is CNCCc1cc(-c2ccc(F)cc2F)n(C)n1. The van der Waals surface area contributed by atoms with Crippen LogP contribution >= 0.6 is 0 Å². The zero-order chi connectivity index (χ0) is 13.1. The van der Waals surface area contributed by atoms with Gasteiger partial charge in [-0.2, -0.15) is 5.10 Å². The van der Waals surface area contributed by atoms with Crippen molar-refractivity contribution in [1.29, 1.82) is 0 Å². The van der Waals surface area contributed by atoms with E-state index in [2.05, 4.69) is 10.4 Å². The molecule has 0 amide bonds. The van der Waals surface area contributed by atoms with Crippen molar-refractivity contribution in [1.82, 2.24) is 15.1 Å². The maximum absolute atomic E-state index is 13.7. The quantitative estimate of drug-likeness (QED) is 0.902. The number of hydrogen-bond donors (Lipinski definition) is 1. The highest BCUT2D eigenvalue weighted by atomic mass is 19.1. The molecule has 5 heteroatoms. The van der Waals surface area contributed by atoms with Crippen LogP contribution in [0.25, 0.3) is 11.3 Å². The van der Waals surface area contributed by atoms with Gasteiger partial charge in [-0.05, 0) is 25.2 Å². The largest absolute Gasteiger partial charge is 0.319 e.